The van der Waals surface area contributed by atoms with Crippen LogP contribution in [-0.2, 0) is 6.54 Å². The average Bonchev–Trinajstić information content (AvgIpc) is 2.67. The largest absolute Gasteiger partial charge is 0.320 e. The molecule has 0 aliphatic heterocycles. The van der Waals surface area contributed by atoms with Gasteiger partial charge in [0.1, 0.15) is 12.7 Å². The Morgan fingerprint density at radius 1 is 1.15 bits per heavy atom. The van der Waals surface area contributed by atoms with Crippen molar-refractivity contribution >= 4 is 0 Å². The lowest BCUT2D eigenvalue weighted by atomic mass is 10.3. The first-order valence-electron chi connectivity index (χ1n) is 4.76. The van der Waals surface area contributed by atoms with Crippen molar-refractivity contribution in [1.29, 1.82) is 0 Å². The number of hydrogen-bond donors (Lipinski definition) is 0. The normalized spacial score (nSPS) is 9.15. The van der Waals surface area contributed by atoms with Gasteiger partial charge in [-0.05, 0) is 6.42 Å². The summed E-state index contributed by atoms with van der Waals surface area (Å²) in [6.07, 6.45) is 7.83. The van der Waals surface area contributed by atoms with Crippen LogP contribution < -0.4 is 0 Å². The predicted molar refractivity (Wildman–Crippen MR) is 54.9 cm³/mol. The Labute approximate surface area is 81.2 Å². The Hall–Kier alpha value is -0.860. The monoisotopic (exact) mass is 181 g/mol. The fraction of sp³-hybridized carbons (Fsp3) is 0.600. The Bertz CT molecular complexity index is 168. The van der Waals surface area contributed by atoms with Gasteiger partial charge in [-0.2, -0.15) is 0 Å². The van der Waals surface area contributed by atoms with Gasteiger partial charge in [-0.3, -0.25) is 0 Å². The fourth-order valence-corrected chi connectivity index (χ4v) is 0.678. The molecule has 3 heteroatoms. The molecule has 0 aliphatic carbocycles. The molecule has 0 atom stereocenters. The van der Waals surface area contributed by atoms with Crippen LogP contribution in [0.5, 0.6) is 0 Å². The van der Waals surface area contributed by atoms with Crippen LogP contribution in [0.4, 0.5) is 0 Å². The van der Waals surface area contributed by atoms with Gasteiger partial charge in [-0.25, -0.2) is 0 Å². The maximum absolute atomic E-state index is 3.69. The zero-order chi connectivity index (χ0) is 9.94. The van der Waals surface area contributed by atoms with E-state index in [0.717, 1.165) is 19.4 Å². The highest BCUT2D eigenvalue weighted by molar-refractivity contribution is 4.58. The van der Waals surface area contributed by atoms with E-state index in [9.17, 15) is 0 Å². The molecule has 2 radical (unpaired) electrons. The van der Waals surface area contributed by atoms with Gasteiger partial charge in [0.25, 0.3) is 0 Å². The van der Waals surface area contributed by atoms with Gasteiger partial charge in [-0.1, -0.05) is 40.0 Å². The first-order valence-corrected chi connectivity index (χ1v) is 4.76. The van der Waals surface area contributed by atoms with Gasteiger partial charge in [-0.15, -0.1) is 10.2 Å². The summed E-state index contributed by atoms with van der Waals surface area (Å²) in [7, 11) is 0. The van der Waals surface area contributed by atoms with Crippen molar-refractivity contribution in [1.82, 2.24) is 14.8 Å². The van der Waals surface area contributed by atoms with Crippen molar-refractivity contribution in [2.75, 3.05) is 0 Å². The summed E-state index contributed by atoms with van der Waals surface area (Å²) in [6.45, 7) is 10.3. The molecule has 0 spiro atoms. The number of rotatable bonds is 4. The van der Waals surface area contributed by atoms with Crippen LogP contribution in [0.1, 0.15) is 32.6 Å². The predicted octanol–water partition coefficient (Wildman–Crippen LogP) is 2.51. The Morgan fingerprint density at radius 2 is 1.69 bits per heavy atom. The first kappa shape index (κ1) is 12.1. The standard InChI is InChI=1S/C6H11N3.C4H8/c1-2-3-4-9-5-7-8-6-9;1-3-4-2/h5-6H,2-4H2,1H3;1-4H2. The third kappa shape index (κ3) is 7.50. The highest BCUT2D eigenvalue weighted by Gasteiger charge is 1.86. The fourth-order valence-electron chi connectivity index (χ4n) is 0.678. The van der Waals surface area contributed by atoms with Crippen molar-refractivity contribution in [2.24, 2.45) is 0 Å². The van der Waals surface area contributed by atoms with E-state index in [0.29, 0.717) is 0 Å². The maximum Gasteiger partial charge on any atom is 0.119 e. The van der Waals surface area contributed by atoms with Crippen LogP contribution in [0.15, 0.2) is 12.7 Å². The Balaban J connectivity index is 0.000000310. The first-order chi connectivity index (χ1) is 6.35. The molecule has 13 heavy (non-hydrogen) atoms. The quantitative estimate of drug-likeness (QED) is 0.714. The maximum atomic E-state index is 3.69. The molecule has 0 saturated carbocycles. The molecule has 0 aliphatic rings. The lowest BCUT2D eigenvalue weighted by Gasteiger charge is -1.95. The second-order valence-electron chi connectivity index (χ2n) is 2.76. The van der Waals surface area contributed by atoms with E-state index in [4.69, 9.17) is 0 Å². The molecule has 1 aromatic heterocycles. The van der Waals surface area contributed by atoms with E-state index in [1.54, 1.807) is 12.7 Å². The second-order valence-corrected chi connectivity index (χ2v) is 2.76. The highest BCUT2D eigenvalue weighted by atomic mass is 15.2. The minimum Gasteiger partial charge on any atom is -0.320 e. The molecule has 1 heterocycles. The van der Waals surface area contributed by atoms with Crippen LogP contribution in [0, 0.1) is 13.8 Å². The van der Waals surface area contributed by atoms with Gasteiger partial charge in [0.15, 0.2) is 0 Å². The number of hydrogen-bond acceptors (Lipinski definition) is 2. The van der Waals surface area contributed by atoms with Gasteiger partial charge < -0.3 is 4.57 Å². The summed E-state index contributed by atoms with van der Waals surface area (Å²) in [5.41, 5.74) is 0. The van der Waals surface area contributed by atoms with Crippen LogP contribution in [0.3, 0.4) is 0 Å². The number of aromatic nitrogens is 3. The topological polar surface area (TPSA) is 30.7 Å². The van der Waals surface area contributed by atoms with Crippen molar-refractivity contribution in [3.05, 3.63) is 26.5 Å². The van der Waals surface area contributed by atoms with Crippen molar-refractivity contribution < 1.29 is 0 Å². The van der Waals surface area contributed by atoms with Crippen LogP contribution in [-0.4, -0.2) is 14.8 Å². The minimum atomic E-state index is 0.958. The van der Waals surface area contributed by atoms with Gasteiger partial charge in [0.05, 0.1) is 0 Å². The molecule has 0 amide bonds. The molecule has 1 rings (SSSR count). The molecule has 1 aromatic rings. The molecule has 0 bridgehead atoms. The lowest BCUT2D eigenvalue weighted by Crippen LogP contribution is -1.92. The average molecular weight is 181 g/mol. The van der Waals surface area contributed by atoms with Crippen LogP contribution in [0.2, 0.25) is 0 Å². The molecular formula is C10H19N3. The molecule has 0 fully saturated rings. The summed E-state index contributed by atoms with van der Waals surface area (Å²) < 4.78 is 1.99. The Kier molecular flexibility index (Phi) is 8.62. The smallest absolute Gasteiger partial charge is 0.119 e. The summed E-state index contributed by atoms with van der Waals surface area (Å²) in [5, 5.41) is 7.38. The number of nitrogens with zero attached hydrogens (tertiary/aromatic N) is 3. The van der Waals surface area contributed by atoms with E-state index in [-0.39, 0.29) is 0 Å². The summed E-state index contributed by atoms with van der Waals surface area (Å²) in [5.74, 6) is 0. The number of unbranched alkanes of at least 4 members (excludes halogenated alkanes) is 2. The van der Waals surface area contributed by atoms with E-state index >= 15 is 0 Å². The van der Waals surface area contributed by atoms with Crippen molar-refractivity contribution in [3.8, 4) is 0 Å². The Morgan fingerprint density at radius 3 is 2.08 bits per heavy atom. The second kappa shape index (κ2) is 9.23. The summed E-state index contributed by atoms with van der Waals surface area (Å²) in [4.78, 5) is 0. The molecular weight excluding hydrogens is 162 g/mol. The third-order valence-corrected chi connectivity index (χ3v) is 1.49. The van der Waals surface area contributed by atoms with E-state index in [2.05, 4.69) is 31.0 Å². The van der Waals surface area contributed by atoms with Crippen molar-refractivity contribution in [2.45, 2.75) is 39.2 Å². The molecule has 74 valence electrons. The van der Waals surface area contributed by atoms with Crippen LogP contribution >= 0.6 is 0 Å². The molecule has 0 N–H and O–H groups in total. The summed E-state index contributed by atoms with van der Waals surface area (Å²) in [6, 6.07) is 0. The molecule has 0 saturated heterocycles. The minimum absolute atomic E-state index is 0.958. The lowest BCUT2D eigenvalue weighted by molar-refractivity contribution is 0.630. The van der Waals surface area contributed by atoms with Gasteiger partial charge in [0, 0.05) is 6.54 Å². The molecule has 0 unspecified atom stereocenters. The van der Waals surface area contributed by atoms with Crippen LogP contribution in [0.25, 0.3) is 0 Å². The highest BCUT2D eigenvalue weighted by Crippen LogP contribution is 1.90. The zero-order valence-electron chi connectivity index (χ0n) is 8.45. The molecule has 3 nitrogen and oxygen atoms in total. The van der Waals surface area contributed by atoms with Gasteiger partial charge >= 0.3 is 0 Å². The summed E-state index contributed by atoms with van der Waals surface area (Å²) >= 11 is 0. The SMILES string of the molecule is CCCCn1cnnc1.[CH2]CC[CH2]. The third-order valence-electron chi connectivity index (χ3n) is 1.49. The van der Waals surface area contributed by atoms with E-state index < -0.39 is 0 Å². The van der Waals surface area contributed by atoms with Crippen molar-refractivity contribution in [3.63, 3.8) is 0 Å². The van der Waals surface area contributed by atoms with E-state index in [1.165, 1.54) is 12.8 Å². The van der Waals surface area contributed by atoms with Gasteiger partial charge in [0.2, 0.25) is 0 Å². The zero-order valence-corrected chi connectivity index (χ0v) is 8.45. The van der Waals surface area contributed by atoms with E-state index in [1.807, 2.05) is 4.57 Å². The number of aryl methyl sites for hydroxylation is 1. The molecule has 0 aromatic carbocycles.